The number of nitrogens with one attached hydrogen (secondary N) is 1. The second-order valence-electron chi connectivity index (χ2n) is 6.17. The van der Waals surface area contributed by atoms with Gasteiger partial charge in [-0.05, 0) is 25.5 Å². The van der Waals surface area contributed by atoms with Crippen LogP contribution in [0.4, 0.5) is 6.01 Å². The van der Waals surface area contributed by atoms with Crippen LogP contribution in [-0.4, -0.2) is 46.4 Å². The molecule has 130 valence electrons. The van der Waals surface area contributed by atoms with Crippen molar-refractivity contribution in [2.75, 3.05) is 18.0 Å². The van der Waals surface area contributed by atoms with E-state index < -0.39 is 6.10 Å². The maximum atomic E-state index is 12.2. The summed E-state index contributed by atoms with van der Waals surface area (Å²) in [5.74, 6) is 0.215. The number of β-amino-alcohol motifs (C(OH)–C–C–N with tert-alkyl or cyclic N) is 1. The summed E-state index contributed by atoms with van der Waals surface area (Å²) in [6, 6.07) is 9.22. The van der Waals surface area contributed by atoms with Crippen LogP contribution in [0, 0.1) is 6.92 Å². The Hall–Kier alpha value is -2.87. The molecule has 25 heavy (non-hydrogen) atoms. The average Bonchev–Trinajstić information content (AvgIpc) is 3.22. The van der Waals surface area contributed by atoms with Crippen molar-refractivity contribution in [3.8, 4) is 0 Å². The monoisotopic (exact) mass is 342 g/mol. The lowest BCUT2D eigenvalue weighted by Crippen LogP contribution is -2.54. The normalized spacial score (nSPS) is 20.8. The molecule has 1 aromatic carbocycles. The third-order valence-corrected chi connectivity index (χ3v) is 4.31. The van der Waals surface area contributed by atoms with Crippen LogP contribution in [0.15, 0.2) is 39.3 Å². The number of carbonyl (C=O) groups excluding carboxylic acids is 1. The number of oxazole rings is 1. The number of rotatable bonds is 3. The SMILES string of the molecule is Cc1cc(C(=O)N[C@H]2CCN(c3nc4ccccc4o3)C[C@@H]2O)no1. The number of aliphatic hydroxyl groups is 1. The van der Waals surface area contributed by atoms with Gasteiger partial charge in [0.2, 0.25) is 0 Å². The van der Waals surface area contributed by atoms with E-state index in [1.54, 1.807) is 13.0 Å². The highest BCUT2D eigenvalue weighted by Gasteiger charge is 2.31. The number of aryl methyl sites for hydroxylation is 1. The molecule has 2 aromatic heterocycles. The van der Waals surface area contributed by atoms with Crippen LogP contribution in [0.1, 0.15) is 22.7 Å². The number of aliphatic hydroxyl groups excluding tert-OH is 1. The smallest absolute Gasteiger partial charge is 0.298 e. The number of amides is 1. The topological polar surface area (TPSA) is 105 Å². The molecule has 8 heteroatoms. The fraction of sp³-hybridized carbons (Fsp3) is 0.353. The van der Waals surface area contributed by atoms with Crippen LogP contribution in [-0.2, 0) is 0 Å². The molecule has 1 aliphatic rings. The number of hydrogen-bond donors (Lipinski definition) is 2. The summed E-state index contributed by atoms with van der Waals surface area (Å²) in [4.78, 5) is 18.5. The van der Waals surface area contributed by atoms with Crippen molar-refractivity contribution >= 4 is 23.0 Å². The maximum Gasteiger partial charge on any atom is 0.298 e. The van der Waals surface area contributed by atoms with Gasteiger partial charge < -0.3 is 24.3 Å². The number of piperidine rings is 1. The Kier molecular flexibility index (Phi) is 3.89. The Balaban J connectivity index is 1.42. The van der Waals surface area contributed by atoms with Crippen LogP contribution >= 0.6 is 0 Å². The molecule has 0 radical (unpaired) electrons. The molecule has 0 bridgehead atoms. The van der Waals surface area contributed by atoms with E-state index in [0.29, 0.717) is 36.9 Å². The van der Waals surface area contributed by atoms with Crippen molar-refractivity contribution in [1.29, 1.82) is 0 Å². The zero-order chi connectivity index (χ0) is 17.4. The summed E-state index contributed by atoms with van der Waals surface area (Å²) in [7, 11) is 0. The van der Waals surface area contributed by atoms with Gasteiger partial charge in [0.25, 0.3) is 11.9 Å². The minimum atomic E-state index is -0.735. The van der Waals surface area contributed by atoms with Crippen molar-refractivity contribution in [3.05, 3.63) is 41.8 Å². The number of nitrogens with zero attached hydrogens (tertiary/aromatic N) is 3. The summed E-state index contributed by atoms with van der Waals surface area (Å²) < 4.78 is 10.6. The third kappa shape index (κ3) is 3.08. The number of benzene rings is 1. The second-order valence-corrected chi connectivity index (χ2v) is 6.17. The summed E-state index contributed by atoms with van der Waals surface area (Å²) in [5, 5.41) is 16.9. The Bertz CT molecular complexity index is 870. The van der Waals surface area contributed by atoms with Crippen molar-refractivity contribution in [2.24, 2.45) is 0 Å². The number of para-hydroxylation sites is 2. The molecule has 0 spiro atoms. The van der Waals surface area contributed by atoms with Gasteiger partial charge in [-0.1, -0.05) is 17.3 Å². The quantitative estimate of drug-likeness (QED) is 0.743. The van der Waals surface area contributed by atoms with Gasteiger partial charge in [0.15, 0.2) is 11.3 Å². The molecule has 4 rings (SSSR count). The molecule has 3 heterocycles. The predicted molar refractivity (Wildman–Crippen MR) is 89.3 cm³/mol. The number of hydrogen-bond acceptors (Lipinski definition) is 7. The molecule has 2 atom stereocenters. The highest BCUT2D eigenvalue weighted by atomic mass is 16.5. The first-order valence-electron chi connectivity index (χ1n) is 8.13. The molecule has 1 fully saturated rings. The lowest BCUT2D eigenvalue weighted by molar-refractivity contribution is 0.0786. The molecule has 0 saturated carbocycles. The molecule has 8 nitrogen and oxygen atoms in total. The van der Waals surface area contributed by atoms with Gasteiger partial charge in [0, 0.05) is 12.6 Å². The lowest BCUT2D eigenvalue weighted by atomic mass is 10.0. The van der Waals surface area contributed by atoms with Gasteiger partial charge in [0.1, 0.15) is 11.3 Å². The summed E-state index contributed by atoms with van der Waals surface area (Å²) in [6.45, 7) is 2.67. The van der Waals surface area contributed by atoms with Crippen molar-refractivity contribution in [2.45, 2.75) is 25.5 Å². The average molecular weight is 342 g/mol. The first-order valence-corrected chi connectivity index (χ1v) is 8.13. The molecule has 1 amide bonds. The highest BCUT2D eigenvalue weighted by molar-refractivity contribution is 5.92. The predicted octanol–water partition coefficient (Wildman–Crippen LogP) is 1.49. The molecule has 1 saturated heterocycles. The van der Waals surface area contributed by atoms with Crippen LogP contribution < -0.4 is 10.2 Å². The molecular weight excluding hydrogens is 324 g/mol. The molecule has 3 aromatic rings. The zero-order valence-corrected chi connectivity index (χ0v) is 13.7. The number of carbonyl (C=O) groups is 1. The Morgan fingerprint density at radius 2 is 2.24 bits per heavy atom. The van der Waals surface area contributed by atoms with Crippen LogP contribution in [0.3, 0.4) is 0 Å². The third-order valence-electron chi connectivity index (χ3n) is 4.31. The second kappa shape index (κ2) is 6.21. The Morgan fingerprint density at radius 1 is 1.40 bits per heavy atom. The van der Waals surface area contributed by atoms with Crippen LogP contribution in [0.2, 0.25) is 0 Å². The number of aromatic nitrogens is 2. The van der Waals surface area contributed by atoms with E-state index in [0.717, 1.165) is 5.52 Å². The maximum absolute atomic E-state index is 12.2. The molecule has 2 N–H and O–H groups in total. The Morgan fingerprint density at radius 3 is 2.96 bits per heavy atom. The number of fused-ring (bicyclic) bond motifs is 1. The summed E-state index contributed by atoms with van der Waals surface area (Å²) >= 11 is 0. The van der Waals surface area contributed by atoms with Crippen molar-refractivity contribution in [3.63, 3.8) is 0 Å². The van der Waals surface area contributed by atoms with Crippen molar-refractivity contribution in [1.82, 2.24) is 15.5 Å². The van der Waals surface area contributed by atoms with Crippen LogP contribution in [0.25, 0.3) is 11.1 Å². The summed E-state index contributed by atoms with van der Waals surface area (Å²) in [6.07, 6.45) is -0.164. The van der Waals surface area contributed by atoms with E-state index in [-0.39, 0.29) is 17.6 Å². The molecule has 1 aliphatic heterocycles. The Labute approximate surface area is 143 Å². The molecule has 0 aliphatic carbocycles. The number of anilines is 1. The first-order chi connectivity index (χ1) is 12.1. The van der Waals surface area contributed by atoms with E-state index in [2.05, 4.69) is 15.5 Å². The molecule has 0 unspecified atom stereocenters. The fourth-order valence-electron chi connectivity index (χ4n) is 2.98. The lowest BCUT2D eigenvalue weighted by Gasteiger charge is -2.35. The minimum absolute atomic E-state index is 0.214. The largest absolute Gasteiger partial charge is 0.423 e. The van der Waals surface area contributed by atoms with Crippen LogP contribution in [0.5, 0.6) is 0 Å². The van der Waals surface area contributed by atoms with Crippen molar-refractivity contribution < 1.29 is 18.8 Å². The van der Waals surface area contributed by atoms with E-state index in [9.17, 15) is 9.90 Å². The van der Waals surface area contributed by atoms with Gasteiger partial charge in [-0.2, -0.15) is 4.98 Å². The van der Waals surface area contributed by atoms with Gasteiger partial charge in [-0.15, -0.1) is 0 Å². The van der Waals surface area contributed by atoms with E-state index in [4.69, 9.17) is 8.94 Å². The highest BCUT2D eigenvalue weighted by Crippen LogP contribution is 2.24. The first kappa shape index (κ1) is 15.6. The standard InChI is InChI=1S/C17H18N4O4/c1-10-8-13(20-25-10)16(23)18-11-6-7-21(9-14(11)22)17-19-12-4-2-3-5-15(12)24-17/h2-5,8,11,14,22H,6-7,9H2,1H3,(H,18,23)/t11-,14-/m0/s1. The minimum Gasteiger partial charge on any atom is -0.423 e. The molecular formula is C17H18N4O4. The van der Waals surface area contributed by atoms with Gasteiger partial charge in [-0.25, -0.2) is 0 Å². The van der Waals surface area contributed by atoms with E-state index >= 15 is 0 Å². The van der Waals surface area contributed by atoms with E-state index in [1.807, 2.05) is 29.2 Å². The van der Waals surface area contributed by atoms with Gasteiger partial charge >= 0.3 is 0 Å². The summed E-state index contributed by atoms with van der Waals surface area (Å²) in [5.41, 5.74) is 1.71. The fourth-order valence-corrected chi connectivity index (χ4v) is 2.98. The van der Waals surface area contributed by atoms with E-state index in [1.165, 1.54) is 0 Å². The van der Waals surface area contributed by atoms with Gasteiger partial charge in [0.05, 0.1) is 18.7 Å². The zero-order valence-electron chi connectivity index (χ0n) is 13.7. The van der Waals surface area contributed by atoms with Gasteiger partial charge in [-0.3, -0.25) is 4.79 Å².